The van der Waals surface area contributed by atoms with Crippen LogP contribution >= 0.6 is 23.2 Å². The van der Waals surface area contributed by atoms with Crippen LogP contribution in [0.3, 0.4) is 0 Å². The van der Waals surface area contributed by atoms with Crippen molar-refractivity contribution in [1.29, 1.82) is 0 Å². The summed E-state index contributed by atoms with van der Waals surface area (Å²) >= 11 is 12.0. The maximum absolute atomic E-state index is 13.1. The van der Waals surface area contributed by atoms with Gasteiger partial charge in [0.05, 0.1) is 23.5 Å². The molecule has 1 saturated heterocycles. The van der Waals surface area contributed by atoms with Crippen molar-refractivity contribution in [2.24, 2.45) is 0 Å². The molecule has 2 N–H and O–H groups in total. The van der Waals surface area contributed by atoms with Crippen LogP contribution in [0.15, 0.2) is 72.3 Å². The van der Waals surface area contributed by atoms with E-state index in [2.05, 4.69) is 10.6 Å². The zero-order valence-corrected chi connectivity index (χ0v) is 20.8. The highest BCUT2D eigenvalue weighted by molar-refractivity contribution is 6.39. The Kier molecular flexibility index (Phi) is 7.76. The van der Waals surface area contributed by atoms with Gasteiger partial charge in [0.25, 0.3) is 17.7 Å². The van der Waals surface area contributed by atoms with Gasteiger partial charge in [-0.05, 0) is 54.1 Å². The first kappa shape index (κ1) is 25.7. The number of halogens is 2. The molecular formula is C26H19Cl2N3O6. The average molecular weight is 540 g/mol. The van der Waals surface area contributed by atoms with Gasteiger partial charge in [0, 0.05) is 5.02 Å². The van der Waals surface area contributed by atoms with E-state index in [0.29, 0.717) is 21.3 Å². The molecule has 1 heterocycles. The molecule has 0 saturated carbocycles. The molecule has 11 heteroatoms. The van der Waals surface area contributed by atoms with E-state index in [-0.39, 0.29) is 29.4 Å². The Labute approximate surface area is 221 Å². The van der Waals surface area contributed by atoms with E-state index in [4.69, 9.17) is 32.7 Å². The summed E-state index contributed by atoms with van der Waals surface area (Å²) in [6, 6.07) is 16.6. The summed E-state index contributed by atoms with van der Waals surface area (Å²) in [5.41, 5.74) is 0.815. The highest BCUT2D eigenvalue weighted by Crippen LogP contribution is 2.30. The molecule has 0 bridgehead atoms. The van der Waals surface area contributed by atoms with Crippen molar-refractivity contribution in [2.45, 2.75) is 0 Å². The molecular weight excluding hydrogens is 521 g/mol. The average Bonchev–Trinajstić information content (AvgIpc) is 2.87. The van der Waals surface area contributed by atoms with Crippen LogP contribution in [0.1, 0.15) is 5.56 Å². The number of benzene rings is 3. The number of hydrogen-bond acceptors (Lipinski definition) is 6. The third kappa shape index (κ3) is 5.91. The molecule has 0 atom stereocenters. The highest BCUT2D eigenvalue weighted by atomic mass is 35.5. The summed E-state index contributed by atoms with van der Waals surface area (Å²) in [5.74, 6) is -1.58. The monoisotopic (exact) mass is 539 g/mol. The second-order valence-corrected chi connectivity index (χ2v) is 8.51. The van der Waals surface area contributed by atoms with Crippen LogP contribution in [0.25, 0.3) is 6.08 Å². The topological polar surface area (TPSA) is 114 Å². The van der Waals surface area contributed by atoms with Crippen molar-refractivity contribution in [3.8, 4) is 11.5 Å². The first-order valence-corrected chi connectivity index (χ1v) is 11.5. The molecule has 188 valence electrons. The van der Waals surface area contributed by atoms with Crippen LogP contribution in [0.4, 0.5) is 16.2 Å². The van der Waals surface area contributed by atoms with Crippen LogP contribution in [0.2, 0.25) is 10.0 Å². The van der Waals surface area contributed by atoms with Crippen LogP contribution in [0, 0.1) is 0 Å². The molecule has 1 aliphatic heterocycles. The number of para-hydroxylation sites is 1. The number of hydrogen-bond donors (Lipinski definition) is 2. The maximum atomic E-state index is 13.1. The number of carbonyl (C=O) groups is 4. The van der Waals surface area contributed by atoms with E-state index in [1.165, 1.54) is 37.5 Å². The fraction of sp³-hybridized carbons (Fsp3) is 0.0769. The number of methoxy groups -OCH3 is 1. The van der Waals surface area contributed by atoms with E-state index in [0.717, 1.165) is 4.90 Å². The predicted molar refractivity (Wildman–Crippen MR) is 139 cm³/mol. The molecule has 37 heavy (non-hydrogen) atoms. The second kappa shape index (κ2) is 11.2. The number of urea groups is 1. The van der Waals surface area contributed by atoms with Crippen molar-refractivity contribution >= 4 is 64.4 Å². The first-order valence-electron chi connectivity index (χ1n) is 10.8. The van der Waals surface area contributed by atoms with Gasteiger partial charge in [-0.1, -0.05) is 47.5 Å². The van der Waals surface area contributed by atoms with Gasteiger partial charge in [-0.2, -0.15) is 0 Å². The molecule has 0 aliphatic carbocycles. The van der Waals surface area contributed by atoms with E-state index in [1.54, 1.807) is 42.5 Å². The Bertz CT molecular complexity index is 1440. The largest absolute Gasteiger partial charge is 0.493 e. The van der Waals surface area contributed by atoms with Crippen molar-refractivity contribution in [1.82, 2.24) is 5.32 Å². The van der Waals surface area contributed by atoms with Crippen LogP contribution in [0.5, 0.6) is 11.5 Å². The van der Waals surface area contributed by atoms with Crippen molar-refractivity contribution < 1.29 is 28.7 Å². The lowest BCUT2D eigenvalue weighted by atomic mass is 10.1. The van der Waals surface area contributed by atoms with Gasteiger partial charge < -0.3 is 14.8 Å². The van der Waals surface area contributed by atoms with Crippen LogP contribution in [-0.2, 0) is 14.4 Å². The van der Waals surface area contributed by atoms with Gasteiger partial charge >= 0.3 is 6.03 Å². The molecule has 3 aromatic rings. The zero-order chi connectivity index (χ0) is 26.5. The second-order valence-electron chi connectivity index (χ2n) is 7.66. The fourth-order valence-corrected chi connectivity index (χ4v) is 3.83. The number of amides is 5. The summed E-state index contributed by atoms with van der Waals surface area (Å²) in [6.07, 6.45) is 1.32. The van der Waals surface area contributed by atoms with E-state index in [1.807, 2.05) is 0 Å². The Morgan fingerprint density at radius 3 is 2.51 bits per heavy atom. The number of nitrogens with one attached hydrogen (secondary N) is 2. The van der Waals surface area contributed by atoms with Gasteiger partial charge in [0.2, 0.25) is 0 Å². The van der Waals surface area contributed by atoms with E-state index >= 15 is 0 Å². The third-order valence-corrected chi connectivity index (χ3v) is 5.74. The number of carbonyl (C=O) groups excluding carboxylic acids is 4. The molecule has 0 spiro atoms. The zero-order valence-electron chi connectivity index (χ0n) is 19.3. The van der Waals surface area contributed by atoms with Crippen molar-refractivity contribution in [3.63, 3.8) is 0 Å². The number of nitrogens with zero attached hydrogens (tertiary/aromatic N) is 1. The highest BCUT2D eigenvalue weighted by Gasteiger charge is 2.36. The van der Waals surface area contributed by atoms with Crippen molar-refractivity contribution in [2.75, 3.05) is 23.9 Å². The molecule has 3 aromatic carbocycles. The minimum Gasteiger partial charge on any atom is -0.493 e. The Balaban J connectivity index is 1.52. The van der Waals surface area contributed by atoms with Gasteiger partial charge in [-0.25, -0.2) is 9.69 Å². The standard InChI is InChI=1S/C26H19Cl2N3O6/c1-36-22-12-15(9-10-21(22)37-14-23(32)29-20-8-3-2-7-19(20)28)11-18-24(33)30-26(35)31(25(18)34)17-6-4-5-16(27)13-17/h2-13H,14H2,1H3,(H,29,32)(H,30,33,35)/b18-11+. The van der Waals surface area contributed by atoms with Gasteiger partial charge in [-0.15, -0.1) is 0 Å². The van der Waals surface area contributed by atoms with Crippen molar-refractivity contribution in [3.05, 3.63) is 87.9 Å². The molecule has 5 amide bonds. The molecule has 9 nitrogen and oxygen atoms in total. The number of anilines is 2. The molecule has 1 fully saturated rings. The van der Waals surface area contributed by atoms with Gasteiger partial charge in [0.15, 0.2) is 18.1 Å². The van der Waals surface area contributed by atoms with Crippen LogP contribution < -0.4 is 25.0 Å². The number of barbiturate groups is 1. The quantitative estimate of drug-likeness (QED) is 0.332. The Morgan fingerprint density at radius 2 is 1.78 bits per heavy atom. The summed E-state index contributed by atoms with van der Waals surface area (Å²) < 4.78 is 10.9. The molecule has 0 radical (unpaired) electrons. The SMILES string of the molecule is COc1cc(/C=C2\C(=O)NC(=O)N(c3cccc(Cl)c3)C2=O)ccc1OCC(=O)Nc1ccccc1Cl. The number of imide groups is 2. The summed E-state index contributed by atoms with van der Waals surface area (Å²) in [6.45, 7) is -0.320. The smallest absolute Gasteiger partial charge is 0.335 e. The fourth-order valence-electron chi connectivity index (χ4n) is 3.46. The summed E-state index contributed by atoms with van der Waals surface area (Å²) in [4.78, 5) is 51.0. The van der Waals surface area contributed by atoms with Crippen LogP contribution in [-0.4, -0.2) is 37.5 Å². The minimum absolute atomic E-state index is 0.213. The molecule has 0 aromatic heterocycles. The Morgan fingerprint density at radius 1 is 1.00 bits per heavy atom. The minimum atomic E-state index is -0.884. The molecule has 1 aliphatic rings. The predicted octanol–water partition coefficient (Wildman–Crippen LogP) is 4.69. The lowest BCUT2D eigenvalue weighted by Crippen LogP contribution is -2.54. The molecule has 0 unspecified atom stereocenters. The summed E-state index contributed by atoms with van der Waals surface area (Å²) in [5, 5.41) is 5.51. The lowest BCUT2D eigenvalue weighted by Gasteiger charge is -2.26. The third-order valence-electron chi connectivity index (χ3n) is 5.17. The first-order chi connectivity index (χ1) is 17.8. The van der Waals surface area contributed by atoms with Gasteiger partial charge in [-0.3, -0.25) is 19.7 Å². The molecule has 4 rings (SSSR count). The van der Waals surface area contributed by atoms with Gasteiger partial charge in [0.1, 0.15) is 5.57 Å². The lowest BCUT2D eigenvalue weighted by molar-refractivity contribution is -0.122. The normalized spacial score (nSPS) is 14.4. The maximum Gasteiger partial charge on any atom is 0.335 e. The summed E-state index contributed by atoms with van der Waals surface area (Å²) in [7, 11) is 1.40. The van der Waals surface area contributed by atoms with E-state index < -0.39 is 23.8 Å². The van der Waals surface area contributed by atoms with E-state index in [9.17, 15) is 19.2 Å². The Hall–Kier alpha value is -4.34. The number of ether oxygens (including phenoxy) is 2. The number of rotatable bonds is 7.